The van der Waals surface area contributed by atoms with Gasteiger partial charge in [0.15, 0.2) is 0 Å². The van der Waals surface area contributed by atoms with Crippen molar-refractivity contribution in [1.29, 1.82) is 0 Å². The molecule has 0 aliphatic carbocycles. The molecule has 1 atom stereocenters. The summed E-state index contributed by atoms with van der Waals surface area (Å²) in [5.74, 6) is 0. The molecule has 1 aliphatic rings. The second kappa shape index (κ2) is 8.91. The number of aliphatic imine (C=N–C) groups is 1. The molecule has 103 valence electrons. The molecule has 5 heteroatoms. The molecule has 0 saturated carbocycles. The van der Waals surface area contributed by atoms with Crippen molar-refractivity contribution in [2.75, 3.05) is 26.3 Å². The van der Waals surface area contributed by atoms with Crippen LogP contribution in [0, 0.1) is 6.42 Å². The molecular formula is C13H23N2O3. The van der Waals surface area contributed by atoms with Crippen LogP contribution in [0.3, 0.4) is 0 Å². The van der Waals surface area contributed by atoms with Crippen molar-refractivity contribution in [2.24, 2.45) is 4.99 Å². The Morgan fingerprint density at radius 1 is 1.56 bits per heavy atom. The number of ether oxygens (including phenoxy) is 2. The summed E-state index contributed by atoms with van der Waals surface area (Å²) in [7, 11) is 0. The molecule has 18 heavy (non-hydrogen) atoms. The van der Waals surface area contributed by atoms with Gasteiger partial charge in [0.1, 0.15) is 0 Å². The second-order valence-corrected chi connectivity index (χ2v) is 4.30. The Morgan fingerprint density at radius 3 is 3.11 bits per heavy atom. The first-order chi connectivity index (χ1) is 8.76. The third-order valence-electron chi connectivity index (χ3n) is 2.80. The number of rotatable bonds is 6. The third kappa shape index (κ3) is 6.00. The largest absolute Gasteiger partial charge is 0.448 e. The van der Waals surface area contributed by atoms with Gasteiger partial charge in [0, 0.05) is 13.1 Å². The Labute approximate surface area is 109 Å². The van der Waals surface area contributed by atoms with Crippen molar-refractivity contribution >= 4 is 12.4 Å². The van der Waals surface area contributed by atoms with E-state index in [1.807, 2.05) is 18.2 Å². The fraction of sp³-hybridized carbons (Fsp3) is 0.769. The van der Waals surface area contributed by atoms with Gasteiger partial charge in [-0.25, -0.2) is 4.79 Å². The van der Waals surface area contributed by atoms with Gasteiger partial charge in [0.2, 0.25) is 0 Å². The first-order valence-electron chi connectivity index (χ1n) is 6.62. The normalized spacial score (nSPS) is 20.3. The summed E-state index contributed by atoms with van der Waals surface area (Å²) in [5, 5.41) is 0. The summed E-state index contributed by atoms with van der Waals surface area (Å²) < 4.78 is 10.5. The minimum absolute atomic E-state index is 0.116. The van der Waals surface area contributed by atoms with Gasteiger partial charge in [0.05, 0.1) is 25.7 Å². The highest BCUT2D eigenvalue weighted by Crippen LogP contribution is 2.05. The van der Waals surface area contributed by atoms with Crippen LogP contribution in [0.2, 0.25) is 0 Å². The third-order valence-corrected chi connectivity index (χ3v) is 2.80. The Balaban J connectivity index is 2.19. The quantitative estimate of drug-likeness (QED) is 0.415. The molecule has 1 amide bonds. The zero-order valence-electron chi connectivity index (χ0n) is 11.3. The maximum absolute atomic E-state index is 11.3. The van der Waals surface area contributed by atoms with E-state index >= 15 is 0 Å². The maximum Gasteiger partial charge on any atom is 0.434 e. The van der Waals surface area contributed by atoms with Crippen LogP contribution >= 0.6 is 0 Å². The standard InChI is InChI=1S/C13H23N2O3/c1-3-5-6-8-18-13(16)14-11-15-7-9-17-12(4-2)10-15/h4,11-12H,3,5-10H2,1-2H3. The number of nitrogens with zero attached hydrogens (tertiary/aromatic N) is 2. The van der Waals surface area contributed by atoms with E-state index in [0.717, 1.165) is 32.4 Å². The van der Waals surface area contributed by atoms with E-state index in [1.165, 1.54) is 0 Å². The molecule has 0 aromatic heterocycles. The van der Waals surface area contributed by atoms with Gasteiger partial charge in [-0.1, -0.05) is 26.7 Å². The van der Waals surface area contributed by atoms with Crippen molar-refractivity contribution in [3.8, 4) is 0 Å². The first kappa shape index (κ1) is 15.0. The lowest BCUT2D eigenvalue weighted by atomic mass is 10.2. The van der Waals surface area contributed by atoms with Crippen molar-refractivity contribution in [3.05, 3.63) is 6.42 Å². The fourth-order valence-corrected chi connectivity index (χ4v) is 1.68. The highest BCUT2D eigenvalue weighted by molar-refractivity contribution is 5.78. The van der Waals surface area contributed by atoms with Gasteiger partial charge in [-0.2, -0.15) is 4.99 Å². The molecule has 0 bridgehead atoms. The predicted octanol–water partition coefficient (Wildman–Crippen LogP) is 2.27. The van der Waals surface area contributed by atoms with Gasteiger partial charge < -0.3 is 14.4 Å². The average Bonchev–Trinajstić information content (AvgIpc) is 2.41. The zero-order chi connectivity index (χ0) is 13.2. The van der Waals surface area contributed by atoms with Crippen LogP contribution in [0.4, 0.5) is 4.79 Å². The SMILES string of the molecule is C[CH]C1CN(C=NC(=O)OCCCCC)CCO1. The van der Waals surface area contributed by atoms with E-state index < -0.39 is 6.09 Å². The molecule has 0 aromatic rings. The van der Waals surface area contributed by atoms with Crippen molar-refractivity contribution in [3.63, 3.8) is 0 Å². The number of carbonyl (C=O) groups is 1. The highest BCUT2D eigenvalue weighted by atomic mass is 16.5. The first-order valence-corrected chi connectivity index (χ1v) is 6.62. The van der Waals surface area contributed by atoms with Crippen LogP contribution < -0.4 is 0 Å². The minimum Gasteiger partial charge on any atom is -0.448 e. The number of amides is 1. The zero-order valence-corrected chi connectivity index (χ0v) is 11.3. The van der Waals surface area contributed by atoms with Crippen molar-refractivity contribution < 1.29 is 14.3 Å². The average molecular weight is 255 g/mol. The number of unbranched alkanes of at least 4 members (excludes halogenated alkanes) is 2. The van der Waals surface area contributed by atoms with Crippen LogP contribution in [0.25, 0.3) is 0 Å². The van der Waals surface area contributed by atoms with Crippen molar-refractivity contribution in [1.82, 2.24) is 4.90 Å². The van der Waals surface area contributed by atoms with Gasteiger partial charge >= 0.3 is 6.09 Å². The molecule has 0 spiro atoms. The summed E-state index contributed by atoms with van der Waals surface area (Å²) >= 11 is 0. The van der Waals surface area contributed by atoms with Crippen LogP contribution in [-0.2, 0) is 9.47 Å². The van der Waals surface area contributed by atoms with Crippen LogP contribution in [0.15, 0.2) is 4.99 Å². The predicted molar refractivity (Wildman–Crippen MR) is 70.7 cm³/mol. The topological polar surface area (TPSA) is 51.1 Å². The molecule has 1 unspecified atom stereocenters. The lowest BCUT2D eigenvalue weighted by Crippen LogP contribution is -2.41. The molecule has 1 heterocycles. The summed E-state index contributed by atoms with van der Waals surface area (Å²) in [6, 6.07) is 0. The van der Waals surface area contributed by atoms with Gasteiger partial charge in [-0.05, 0) is 12.8 Å². The van der Waals surface area contributed by atoms with Gasteiger partial charge in [0.25, 0.3) is 0 Å². The summed E-state index contributed by atoms with van der Waals surface area (Å²) in [5.41, 5.74) is 0. The van der Waals surface area contributed by atoms with Gasteiger partial charge in [-0.3, -0.25) is 0 Å². The molecular weight excluding hydrogens is 232 g/mol. The number of hydrogen-bond donors (Lipinski definition) is 0. The van der Waals surface area contributed by atoms with E-state index in [2.05, 4.69) is 11.9 Å². The summed E-state index contributed by atoms with van der Waals surface area (Å²) in [4.78, 5) is 17.1. The monoisotopic (exact) mass is 255 g/mol. The maximum atomic E-state index is 11.3. The fourth-order valence-electron chi connectivity index (χ4n) is 1.68. The Hall–Kier alpha value is -1.10. The lowest BCUT2D eigenvalue weighted by molar-refractivity contribution is 0.0151. The molecule has 1 aliphatic heterocycles. The van der Waals surface area contributed by atoms with Crippen molar-refractivity contribution in [2.45, 2.75) is 39.2 Å². The van der Waals surface area contributed by atoms with Crippen LogP contribution in [0.5, 0.6) is 0 Å². The van der Waals surface area contributed by atoms with Crippen LogP contribution in [0.1, 0.15) is 33.1 Å². The molecule has 1 saturated heterocycles. The van der Waals surface area contributed by atoms with E-state index in [0.29, 0.717) is 13.2 Å². The molecule has 5 nitrogen and oxygen atoms in total. The van der Waals surface area contributed by atoms with E-state index in [-0.39, 0.29) is 6.10 Å². The highest BCUT2D eigenvalue weighted by Gasteiger charge is 2.16. The second-order valence-electron chi connectivity index (χ2n) is 4.30. The number of hydrogen-bond acceptors (Lipinski definition) is 3. The lowest BCUT2D eigenvalue weighted by Gasteiger charge is -2.30. The van der Waals surface area contributed by atoms with E-state index in [1.54, 1.807) is 6.34 Å². The molecule has 1 rings (SSSR count). The smallest absolute Gasteiger partial charge is 0.434 e. The molecule has 1 radical (unpaired) electrons. The summed E-state index contributed by atoms with van der Waals surface area (Å²) in [6.45, 7) is 6.69. The van der Waals surface area contributed by atoms with E-state index in [4.69, 9.17) is 9.47 Å². The summed E-state index contributed by atoms with van der Waals surface area (Å²) in [6.07, 6.45) is 6.27. The molecule has 0 N–H and O–H groups in total. The number of morpholine rings is 1. The number of carbonyl (C=O) groups excluding carboxylic acids is 1. The van der Waals surface area contributed by atoms with E-state index in [9.17, 15) is 4.79 Å². The Morgan fingerprint density at radius 2 is 2.39 bits per heavy atom. The molecule has 0 aromatic carbocycles. The van der Waals surface area contributed by atoms with Gasteiger partial charge in [-0.15, -0.1) is 0 Å². The Kier molecular flexibility index (Phi) is 7.41. The minimum atomic E-state index is -0.505. The Bertz CT molecular complexity index is 269. The molecule has 1 fully saturated rings. The van der Waals surface area contributed by atoms with Crippen LogP contribution in [-0.4, -0.2) is 49.7 Å².